The van der Waals surface area contributed by atoms with Crippen molar-refractivity contribution >= 4 is 17.8 Å². The summed E-state index contributed by atoms with van der Waals surface area (Å²) in [6.45, 7) is 8.08. The van der Waals surface area contributed by atoms with Gasteiger partial charge in [-0.15, -0.1) is 0 Å². The molecule has 2 rings (SSSR count). The summed E-state index contributed by atoms with van der Waals surface area (Å²) in [5, 5.41) is 6.45. The molecule has 1 heterocycles. The summed E-state index contributed by atoms with van der Waals surface area (Å²) < 4.78 is 0. The van der Waals surface area contributed by atoms with Gasteiger partial charge in [0.2, 0.25) is 11.8 Å². The molecule has 1 aliphatic heterocycles. The lowest BCUT2D eigenvalue weighted by Gasteiger charge is -2.36. The van der Waals surface area contributed by atoms with Crippen molar-refractivity contribution < 1.29 is 9.59 Å². The van der Waals surface area contributed by atoms with E-state index in [1.54, 1.807) is 19.0 Å². The van der Waals surface area contributed by atoms with E-state index in [1.165, 1.54) is 12.8 Å². The molecule has 0 aromatic carbocycles. The molecule has 8 nitrogen and oxygen atoms in total. The fourth-order valence-corrected chi connectivity index (χ4v) is 3.59. The molecular weight excluding hydrogens is 344 g/mol. The first-order valence-corrected chi connectivity index (χ1v) is 10.2. The SMILES string of the molecule is CCNC(=NCC(=O)N(C)C)NCCN1CCN(C(=O)C2CCCC2)CC1. The number of nitrogens with one attached hydrogen (secondary N) is 2. The van der Waals surface area contributed by atoms with Crippen molar-refractivity contribution in [3.8, 4) is 0 Å². The summed E-state index contributed by atoms with van der Waals surface area (Å²) in [4.78, 5) is 34.5. The maximum Gasteiger partial charge on any atom is 0.243 e. The van der Waals surface area contributed by atoms with E-state index >= 15 is 0 Å². The highest BCUT2D eigenvalue weighted by Crippen LogP contribution is 2.26. The van der Waals surface area contributed by atoms with Gasteiger partial charge in [-0.25, -0.2) is 4.99 Å². The second-order valence-electron chi connectivity index (χ2n) is 7.56. The number of hydrogen-bond acceptors (Lipinski definition) is 4. The van der Waals surface area contributed by atoms with E-state index in [4.69, 9.17) is 0 Å². The Labute approximate surface area is 163 Å². The molecule has 8 heteroatoms. The van der Waals surface area contributed by atoms with Crippen LogP contribution in [-0.4, -0.2) is 98.9 Å². The zero-order valence-electron chi connectivity index (χ0n) is 17.2. The zero-order chi connectivity index (χ0) is 19.6. The van der Waals surface area contributed by atoms with E-state index in [0.29, 0.717) is 11.9 Å². The van der Waals surface area contributed by atoms with Gasteiger partial charge < -0.3 is 20.4 Å². The fraction of sp³-hybridized carbons (Fsp3) is 0.842. The van der Waals surface area contributed by atoms with Gasteiger partial charge in [0.15, 0.2) is 5.96 Å². The molecule has 1 saturated carbocycles. The van der Waals surface area contributed by atoms with Crippen molar-refractivity contribution in [2.45, 2.75) is 32.6 Å². The number of hydrogen-bond donors (Lipinski definition) is 2. The molecule has 0 bridgehead atoms. The van der Waals surface area contributed by atoms with Crippen molar-refractivity contribution in [2.75, 3.05) is 66.5 Å². The topological polar surface area (TPSA) is 80.3 Å². The van der Waals surface area contributed by atoms with Gasteiger partial charge in [-0.2, -0.15) is 0 Å². The van der Waals surface area contributed by atoms with Gasteiger partial charge in [0.25, 0.3) is 0 Å². The number of amides is 2. The zero-order valence-corrected chi connectivity index (χ0v) is 17.2. The van der Waals surface area contributed by atoms with Crippen molar-refractivity contribution in [1.29, 1.82) is 0 Å². The normalized spacial score (nSPS) is 19.2. The third kappa shape index (κ3) is 7.01. The molecule has 1 saturated heterocycles. The smallest absolute Gasteiger partial charge is 0.243 e. The number of carbonyl (C=O) groups is 2. The van der Waals surface area contributed by atoms with Gasteiger partial charge in [-0.1, -0.05) is 12.8 Å². The van der Waals surface area contributed by atoms with Gasteiger partial charge in [0.05, 0.1) is 0 Å². The molecular formula is C19H36N6O2. The summed E-state index contributed by atoms with van der Waals surface area (Å²) >= 11 is 0. The lowest BCUT2D eigenvalue weighted by molar-refractivity contribution is -0.137. The van der Waals surface area contributed by atoms with Gasteiger partial charge in [0, 0.05) is 65.8 Å². The maximum absolute atomic E-state index is 12.5. The predicted octanol–water partition coefficient (Wildman–Crippen LogP) is -0.0359. The Hall–Kier alpha value is -1.83. The molecule has 0 atom stereocenters. The molecule has 0 spiro atoms. The van der Waals surface area contributed by atoms with E-state index in [0.717, 1.165) is 58.7 Å². The minimum Gasteiger partial charge on any atom is -0.357 e. The van der Waals surface area contributed by atoms with Crippen molar-refractivity contribution in [3.05, 3.63) is 0 Å². The number of likely N-dealkylation sites (N-methyl/N-ethyl adjacent to an activating group) is 1. The molecule has 1 aliphatic carbocycles. The first kappa shape index (κ1) is 21.5. The number of piperazine rings is 1. The quantitative estimate of drug-likeness (QED) is 0.479. The predicted molar refractivity (Wildman–Crippen MR) is 108 cm³/mol. The van der Waals surface area contributed by atoms with Crippen LogP contribution in [0, 0.1) is 5.92 Å². The molecule has 2 N–H and O–H groups in total. The van der Waals surface area contributed by atoms with Crippen LogP contribution in [0.4, 0.5) is 0 Å². The van der Waals surface area contributed by atoms with Crippen molar-refractivity contribution in [1.82, 2.24) is 25.3 Å². The van der Waals surface area contributed by atoms with Gasteiger partial charge in [-0.05, 0) is 19.8 Å². The van der Waals surface area contributed by atoms with Crippen LogP contribution >= 0.6 is 0 Å². The summed E-state index contributed by atoms with van der Waals surface area (Å²) in [5.41, 5.74) is 0. The van der Waals surface area contributed by atoms with E-state index in [1.807, 2.05) is 6.92 Å². The Morgan fingerprint density at radius 3 is 2.33 bits per heavy atom. The highest BCUT2D eigenvalue weighted by molar-refractivity contribution is 5.84. The summed E-state index contributed by atoms with van der Waals surface area (Å²) in [6, 6.07) is 0. The lowest BCUT2D eigenvalue weighted by atomic mass is 10.1. The van der Waals surface area contributed by atoms with Crippen LogP contribution in [0.2, 0.25) is 0 Å². The third-order valence-electron chi connectivity index (χ3n) is 5.32. The monoisotopic (exact) mass is 380 g/mol. The Morgan fingerprint density at radius 2 is 1.74 bits per heavy atom. The standard InChI is InChI=1S/C19H36N6O2/c1-4-20-19(22-15-17(26)23(2)3)21-9-10-24-11-13-25(14-12-24)18(27)16-7-5-6-8-16/h16H,4-15H2,1-3H3,(H2,20,21,22). The van der Waals surface area contributed by atoms with Crippen LogP contribution in [0.15, 0.2) is 4.99 Å². The van der Waals surface area contributed by atoms with Crippen LogP contribution in [0.25, 0.3) is 0 Å². The molecule has 27 heavy (non-hydrogen) atoms. The van der Waals surface area contributed by atoms with Crippen LogP contribution < -0.4 is 10.6 Å². The number of guanidine groups is 1. The molecule has 0 radical (unpaired) electrons. The minimum absolute atomic E-state index is 0.0183. The van der Waals surface area contributed by atoms with Crippen LogP contribution in [0.1, 0.15) is 32.6 Å². The number of nitrogens with zero attached hydrogens (tertiary/aromatic N) is 4. The molecule has 0 aromatic heterocycles. The van der Waals surface area contributed by atoms with Crippen LogP contribution in [0.5, 0.6) is 0 Å². The second-order valence-corrected chi connectivity index (χ2v) is 7.56. The first-order chi connectivity index (χ1) is 13.0. The Kier molecular flexibility index (Phi) is 8.84. The third-order valence-corrected chi connectivity index (χ3v) is 5.32. The van der Waals surface area contributed by atoms with Crippen LogP contribution in [0.3, 0.4) is 0 Å². The van der Waals surface area contributed by atoms with Crippen molar-refractivity contribution in [3.63, 3.8) is 0 Å². The largest absolute Gasteiger partial charge is 0.357 e. The van der Waals surface area contributed by atoms with Gasteiger partial charge in [-0.3, -0.25) is 14.5 Å². The summed E-state index contributed by atoms with van der Waals surface area (Å²) in [6.07, 6.45) is 4.56. The second kappa shape index (κ2) is 11.1. The molecule has 2 fully saturated rings. The van der Waals surface area contributed by atoms with Gasteiger partial charge >= 0.3 is 0 Å². The summed E-state index contributed by atoms with van der Waals surface area (Å²) in [5.74, 6) is 1.30. The highest BCUT2D eigenvalue weighted by Gasteiger charge is 2.29. The number of carbonyl (C=O) groups excluding carboxylic acids is 2. The lowest BCUT2D eigenvalue weighted by Crippen LogP contribution is -2.52. The van der Waals surface area contributed by atoms with E-state index in [9.17, 15) is 9.59 Å². The fourth-order valence-electron chi connectivity index (χ4n) is 3.59. The van der Waals surface area contributed by atoms with Gasteiger partial charge in [0.1, 0.15) is 6.54 Å². The molecule has 0 unspecified atom stereocenters. The Morgan fingerprint density at radius 1 is 1.07 bits per heavy atom. The highest BCUT2D eigenvalue weighted by atomic mass is 16.2. The Bertz CT molecular complexity index is 508. The first-order valence-electron chi connectivity index (χ1n) is 10.2. The molecule has 0 aromatic rings. The maximum atomic E-state index is 12.5. The van der Waals surface area contributed by atoms with Crippen LogP contribution in [-0.2, 0) is 9.59 Å². The minimum atomic E-state index is -0.0183. The Balaban J connectivity index is 1.68. The van der Waals surface area contributed by atoms with Crippen molar-refractivity contribution in [2.24, 2.45) is 10.9 Å². The average molecular weight is 381 g/mol. The van der Waals surface area contributed by atoms with E-state index < -0.39 is 0 Å². The van der Waals surface area contributed by atoms with E-state index in [2.05, 4.69) is 25.4 Å². The average Bonchev–Trinajstić information content (AvgIpc) is 3.20. The summed E-state index contributed by atoms with van der Waals surface area (Å²) in [7, 11) is 3.46. The number of aliphatic imine (C=N–C) groups is 1. The number of rotatable bonds is 7. The molecule has 2 amide bonds. The molecule has 2 aliphatic rings. The molecule has 154 valence electrons. The van der Waals surface area contributed by atoms with E-state index in [-0.39, 0.29) is 18.4 Å².